The molecule has 0 aliphatic heterocycles. The molecule has 0 N–H and O–H groups in total. The van der Waals surface area contributed by atoms with Crippen molar-refractivity contribution in [2.75, 3.05) is 0 Å². The Hall–Kier alpha value is -7.28. The molecular weight excluding hydrogens is 709 g/mol. The summed E-state index contributed by atoms with van der Waals surface area (Å²) in [6, 6.07) is 80.5. The van der Waals surface area contributed by atoms with Crippen LogP contribution in [0.2, 0.25) is 0 Å². The van der Waals surface area contributed by atoms with Crippen LogP contribution < -0.4 is 0 Å². The van der Waals surface area contributed by atoms with Crippen LogP contribution in [0.3, 0.4) is 0 Å². The summed E-state index contributed by atoms with van der Waals surface area (Å²) in [5.41, 5.74) is 20.2. The molecule has 0 saturated carbocycles. The first-order chi connectivity index (χ1) is 29.0. The maximum atomic E-state index is 2.42. The summed E-state index contributed by atoms with van der Waals surface area (Å²) in [4.78, 5) is 0. The van der Waals surface area contributed by atoms with Gasteiger partial charge in [0.1, 0.15) is 0 Å². The second kappa shape index (κ2) is 14.0. The maximum absolute atomic E-state index is 2.42. The molecule has 10 aromatic rings. The molecule has 0 nitrogen and oxygen atoms in total. The average Bonchev–Trinajstić information content (AvgIpc) is 3.53. The molecule has 0 bridgehead atoms. The van der Waals surface area contributed by atoms with Crippen LogP contribution in [0.25, 0.3) is 99.4 Å². The lowest BCUT2D eigenvalue weighted by Crippen LogP contribution is -2.15. The smallest absolute Gasteiger partial charge is 0.0159 e. The first-order valence-electron chi connectivity index (χ1n) is 20.7. The van der Waals surface area contributed by atoms with Gasteiger partial charge in [-0.15, -0.1) is 0 Å². The fourth-order valence-corrected chi connectivity index (χ4v) is 9.45. The Morgan fingerprint density at radius 3 is 0.898 bits per heavy atom. The Balaban J connectivity index is 0.817. The lowest BCUT2D eigenvalue weighted by molar-refractivity contribution is 0.661. The standard InChI is InChI=1S/C59H42/c1-59(2)57-37-49(43-21-17-39(18-22-43)41-25-29-47(30-26-41)53-15-7-11-45-9-3-5-13-51(45)53)33-35-55(57)56-36-34-50(38-58(56)59)44-23-19-40(20-24-44)42-27-31-48(32-28-42)54-16-8-12-46-10-4-6-14-52(46)54/h3-38H,1-2H3. The molecule has 1 aliphatic carbocycles. The second-order valence-corrected chi connectivity index (χ2v) is 16.5. The Morgan fingerprint density at radius 2 is 0.525 bits per heavy atom. The zero-order valence-electron chi connectivity index (χ0n) is 33.3. The first-order valence-corrected chi connectivity index (χ1v) is 20.7. The van der Waals surface area contributed by atoms with Gasteiger partial charge < -0.3 is 0 Å². The summed E-state index contributed by atoms with van der Waals surface area (Å²) >= 11 is 0. The van der Waals surface area contributed by atoms with Crippen LogP contribution in [0.5, 0.6) is 0 Å². The van der Waals surface area contributed by atoms with E-state index in [1.54, 1.807) is 0 Å². The van der Waals surface area contributed by atoms with E-state index in [1.807, 2.05) is 0 Å². The van der Waals surface area contributed by atoms with Crippen molar-refractivity contribution in [3.63, 3.8) is 0 Å². The number of benzene rings is 10. The van der Waals surface area contributed by atoms with Gasteiger partial charge in [-0.2, -0.15) is 0 Å². The van der Waals surface area contributed by atoms with E-state index in [4.69, 9.17) is 0 Å². The van der Waals surface area contributed by atoms with E-state index < -0.39 is 0 Å². The van der Waals surface area contributed by atoms with E-state index in [9.17, 15) is 0 Å². The van der Waals surface area contributed by atoms with Gasteiger partial charge in [-0.25, -0.2) is 0 Å². The van der Waals surface area contributed by atoms with Gasteiger partial charge in [0.2, 0.25) is 0 Å². The second-order valence-electron chi connectivity index (χ2n) is 16.5. The lowest BCUT2D eigenvalue weighted by atomic mass is 9.80. The van der Waals surface area contributed by atoms with Crippen molar-refractivity contribution < 1.29 is 0 Å². The van der Waals surface area contributed by atoms with Gasteiger partial charge in [0.25, 0.3) is 0 Å². The molecule has 0 unspecified atom stereocenters. The lowest BCUT2D eigenvalue weighted by Gasteiger charge is -2.22. The summed E-state index contributed by atoms with van der Waals surface area (Å²) in [5.74, 6) is 0. The normalized spacial score (nSPS) is 12.7. The highest BCUT2D eigenvalue weighted by atomic mass is 14.4. The predicted molar refractivity (Wildman–Crippen MR) is 252 cm³/mol. The fourth-order valence-electron chi connectivity index (χ4n) is 9.45. The van der Waals surface area contributed by atoms with Crippen molar-refractivity contribution in [2.24, 2.45) is 0 Å². The molecule has 0 radical (unpaired) electrons. The summed E-state index contributed by atoms with van der Waals surface area (Å²) in [6.07, 6.45) is 0. The van der Waals surface area contributed by atoms with Gasteiger partial charge in [0.05, 0.1) is 0 Å². The Kier molecular flexibility index (Phi) is 8.27. The van der Waals surface area contributed by atoms with Crippen molar-refractivity contribution >= 4 is 21.5 Å². The Morgan fingerprint density at radius 1 is 0.237 bits per heavy atom. The topological polar surface area (TPSA) is 0 Å². The van der Waals surface area contributed by atoms with E-state index in [0.29, 0.717) is 0 Å². The van der Waals surface area contributed by atoms with E-state index >= 15 is 0 Å². The zero-order valence-corrected chi connectivity index (χ0v) is 33.3. The van der Waals surface area contributed by atoms with Crippen molar-refractivity contribution in [1.82, 2.24) is 0 Å². The SMILES string of the molecule is CC1(C)c2cc(-c3ccc(-c4ccc(-c5cccc6ccccc56)cc4)cc3)ccc2-c2ccc(-c3ccc(-c4ccc(-c5cccc6ccccc56)cc4)cc3)cc21. The van der Waals surface area contributed by atoms with Crippen LogP contribution in [0, 0.1) is 0 Å². The summed E-state index contributed by atoms with van der Waals surface area (Å²) in [6.45, 7) is 4.75. The van der Waals surface area contributed by atoms with E-state index in [2.05, 4.69) is 232 Å². The van der Waals surface area contributed by atoms with Crippen LogP contribution in [0.4, 0.5) is 0 Å². The minimum atomic E-state index is -0.117. The molecule has 0 saturated heterocycles. The summed E-state index contributed by atoms with van der Waals surface area (Å²) < 4.78 is 0. The first kappa shape index (κ1) is 34.9. The maximum Gasteiger partial charge on any atom is 0.0159 e. The summed E-state index contributed by atoms with van der Waals surface area (Å²) in [5, 5.41) is 5.11. The van der Waals surface area contributed by atoms with Crippen LogP contribution in [-0.2, 0) is 5.41 Å². The van der Waals surface area contributed by atoms with E-state index in [-0.39, 0.29) is 5.41 Å². The van der Waals surface area contributed by atoms with Crippen LogP contribution in [0.1, 0.15) is 25.0 Å². The third-order valence-corrected chi connectivity index (χ3v) is 12.8. The Bertz CT molecular complexity index is 2950. The van der Waals surface area contributed by atoms with Gasteiger partial charge in [-0.05, 0) is 123 Å². The predicted octanol–water partition coefficient (Wildman–Crippen LogP) is 16.3. The summed E-state index contributed by atoms with van der Waals surface area (Å²) in [7, 11) is 0. The molecule has 0 aromatic heterocycles. The molecule has 0 heteroatoms. The molecular formula is C59H42. The number of hydrogen-bond acceptors (Lipinski definition) is 0. The minimum Gasteiger partial charge on any atom is -0.0616 e. The van der Waals surface area contributed by atoms with Gasteiger partial charge in [0, 0.05) is 5.41 Å². The van der Waals surface area contributed by atoms with Gasteiger partial charge in [-0.1, -0.05) is 220 Å². The minimum absolute atomic E-state index is 0.117. The number of fused-ring (bicyclic) bond motifs is 5. The molecule has 0 heterocycles. The van der Waals surface area contributed by atoms with Crippen LogP contribution >= 0.6 is 0 Å². The number of rotatable bonds is 6. The molecule has 59 heavy (non-hydrogen) atoms. The molecule has 0 atom stereocenters. The Labute approximate surface area is 346 Å². The highest BCUT2D eigenvalue weighted by Gasteiger charge is 2.36. The van der Waals surface area contributed by atoms with E-state index in [1.165, 1.54) is 111 Å². The van der Waals surface area contributed by atoms with Crippen LogP contribution in [-0.4, -0.2) is 0 Å². The molecule has 0 fully saturated rings. The third-order valence-electron chi connectivity index (χ3n) is 12.8. The van der Waals surface area contributed by atoms with E-state index in [0.717, 1.165) is 0 Å². The molecule has 0 amide bonds. The van der Waals surface area contributed by atoms with Crippen molar-refractivity contribution in [1.29, 1.82) is 0 Å². The van der Waals surface area contributed by atoms with Crippen molar-refractivity contribution in [3.8, 4) is 77.9 Å². The molecule has 11 rings (SSSR count). The fraction of sp³-hybridized carbons (Fsp3) is 0.0508. The molecule has 0 spiro atoms. The van der Waals surface area contributed by atoms with Gasteiger partial charge in [-0.3, -0.25) is 0 Å². The molecule has 278 valence electrons. The molecule has 1 aliphatic rings. The monoisotopic (exact) mass is 750 g/mol. The van der Waals surface area contributed by atoms with Gasteiger partial charge >= 0.3 is 0 Å². The zero-order chi connectivity index (χ0) is 39.5. The van der Waals surface area contributed by atoms with Crippen molar-refractivity contribution in [3.05, 3.63) is 230 Å². The number of hydrogen-bond donors (Lipinski definition) is 0. The largest absolute Gasteiger partial charge is 0.0616 e. The highest BCUT2D eigenvalue weighted by Crippen LogP contribution is 2.51. The average molecular weight is 751 g/mol. The quantitative estimate of drug-likeness (QED) is 0.159. The van der Waals surface area contributed by atoms with Gasteiger partial charge in [0.15, 0.2) is 0 Å². The van der Waals surface area contributed by atoms with Crippen LogP contribution in [0.15, 0.2) is 218 Å². The third kappa shape index (κ3) is 6.08. The highest BCUT2D eigenvalue weighted by molar-refractivity contribution is 5.98. The van der Waals surface area contributed by atoms with Crippen molar-refractivity contribution in [2.45, 2.75) is 19.3 Å². The molecule has 10 aromatic carbocycles.